The molecule has 3 saturated carbocycles. The Labute approximate surface area is 603 Å². The molecule has 41 nitrogen and oxygen atoms in total. The highest BCUT2D eigenvalue weighted by Crippen LogP contribution is 2.57. The van der Waals surface area contributed by atoms with Crippen molar-refractivity contribution in [2.45, 2.75) is 190 Å². The van der Waals surface area contributed by atoms with E-state index < -0.39 is 171 Å². The first kappa shape index (κ1) is 82.1. The Morgan fingerprint density at radius 2 is 0.846 bits per heavy atom. The third kappa shape index (κ3) is 16.8. The van der Waals surface area contributed by atoms with Gasteiger partial charge in [0, 0.05) is 43.4 Å². The molecule has 3 aliphatic heterocycles. The zero-order valence-electron chi connectivity index (χ0n) is 54.4. The van der Waals surface area contributed by atoms with Crippen LogP contribution < -0.4 is 16.0 Å². The van der Waals surface area contributed by atoms with Crippen molar-refractivity contribution in [1.82, 2.24) is 59.9 Å². The molecule has 9 heterocycles. The van der Waals surface area contributed by atoms with E-state index in [4.69, 9.17) is 73.7 Å². The van der Waals surface area contributed by atoms with Crippen molar-refractivity contribution in [3.8, 4) is 0 Å². The summed E-state index contributed by atoms with van der Waals surface area (Å²) in [6, 6.07) is 5.36. The fourth-order valence-electron chi connectivity index (χ4n) is 12.7. The van der Waals surface area contributed by atoms with Crippen molar-refractivity contribution in [2.24, 2.45) is 0 Å². The number of methoxy groups -OCH3 is 1. The minimum Gasteiger partial charge on any atom is -0.391 e. The molecule has 0 radical (unpaired) electrons. The van der Waals surface area contributed by atoms with Crippen LogP contribution in [0.2, 0.25) is 15.5 Å². The predicted octanol–water partition coefficient (Wildman–Crippen LogP) is 0.369. The maximum absolute atomic E-state index is 14.7. The van der Waals surface area contributed by atoms with Crippen molar-refractivity contribution in [2.75, 3.05) is 53.5 Å². The predicted molar refractivity (Wildman–Crippen MR) is 360 cm³/mol. The number of alkyl halides is 2. The number of nitrogens with one attached hydrogen (secondary N) is 3. The lowest BCUT2D eigenvalue weighted by Crippen LogP contribution is -2.44. The van der Waals surface area contributed by atoms with Gasteiger partial charge in [-0.05, 0) is 45.4 Å². The number of aliphatic hydroxyl groups is 7. The molecular weight excluding hydrogens is 1580 g/mol. The zero-order chi connectivity index (χ0) is 76.4. The number of pyridine rings is 3. The molecule has 16 N–H and O–H groups in total. The van der Waals surface area contributed by atoms with Crippen molar-refractivity contribution >= 4 is 138 Å². The first-order valence-electron chi connectivity index (χ1n) is 31.8. The second-order valence-electron chi connectivity index (χ2n) is 25.8. The summed E-state index contributed by atoms with van der Waals surface area (Å²) < 4.78 is 155. The van der Waals surface area contributed by atoms with E-state index in [9.17, 15) is 88.2 Å². The fraction of sp³-hybridized carbons (Fsp3) is 0.712. The quantitative estimate of drug-likeness (QED) is 0.0287. The molecule has 6 aliphatic rings. The molecule has 0 spiro atoms. The number of aromatic nitrogens is 12. The summed E-state index contributed by atoms with van der Waals surface area (Å²) in [5, 5.41) is 106. The number of rotatable bonds is 24. The average Bonchev–Trinajstić information content (AvgIpc) is 1.57. The highest BCUT2D eigenvalue weighted by atomic mass is 35.5. The van der Waals surface area contributed by atoms with Crippen LogP contribution in [0.4, 0.5) is 25.8 Å². The molecule has 3 unspecified atom stereocenters. The summed E-state index contributed by atoms with van der Waals surface area (Å²) in [6.07, 6.45) is -7.84. The summed E-state index contributed by atoms with van der Waals surface area (Å²) in [5.41, 5.74) is 2.86. The topological polar surface area (TPSA) is 620 Å². The van der Waals surface area contributed by atoms with Gasteiger partial charge in [0.1, 0.15) is 77.0 Å². The van der Waals surface area contributed by atoms with Crippen molar-refractivity contribution in [3.63, 3.8) is 0 Å². The molecule has 104 heavy (non-hydrogen) atoms. The number of hydrogen-bond acceptors (Lipinski definition) is 32. The highest BCUT2D eigenvalue weighted by Gasteiger charge is 2.62. The minimum atomic E-state index is -5.98. The number of aliphatic hydroxyl groups excluding tert-OH is 7. The van der Waals surface area contributed by atoms with E-state index in [2.05, 4.69) is 66.6 Å². The van der Waals surface area contributed by atoms with Gasteiger partial charge in [0.2, 0.25) is 9.84 Å². The summed E-state index contributed by atoms with van der Waals surface area (Å²) in [7, 11) is -30.8. The van der Waals surface area contributed by atoms with Crippen LogP contribution in [0.25, 0.3) is 33.5 Å². The number of fused-ring (bicyclic) bond motifs is 3. The van der Waals surface area contributed by atoms with Crippen LogP contribution in [0.15, 0.2) is 18.2 Å². The van der Waals surface area contributed by atoms with Crippen LogP contribution in [0.5, 0.6) is 0 Å². The second-order valence-corrected chi connectivity index (χ2v) is 40.2. The summed E-state index contributed by atoms with van der Waals surface area (Å²) in [6.45, 7) is -2.55. The van der Waals surface area contributed by atoms with Gasteiger partial charge < -0.3 is 100 Å². The Kier molecular flexibility index (Phi) is 24.9. The minimum absolute atomic E-state index is 0.0446. The zero-order valence-corrected chi connectivity index (χ0v) is 61.8. The average molecular weight is 1660 g/mol. The standard InChI is InChI=1S/C18H27ClN5O9PS.C17H24ClFN5O9PS.C17H24ClFN5O8PS/c1-32-7-13(34(27,28)29)35(30,31)8-11-15(25)16(26)18(33-11)24-17-14(22-23-24)10(6-12(19)21-17)20-9-4-2-3-5-9;18-11-5-9(20-8-3-1-2-4-8)12-15(21-11)24(23-22-12)16-14(27)13(26)10(33-16)6-35(31,32)17(19,7-25)34(28,29)30;1-17(19,33(27,28)29)34(30,31)7-10-13(25)14(26)16(32-10)24-15-12(22-23-24)9(6-11(18)21-15)20-8-4-2-3-5-8/h6,9,11,13,15-16,18,25-26H,2-5,7-8H2,1H3,(H,20,21)(H2,27,28,29);5,8,10,13-14,16,25-27H,1-4,6-7H2,(H,20,21)(H2,28,29,30);6,8,10,13-14,16,25-26H,2-5,7H2,1H3,(H,20,21)(H2,27,28,29)/t11-,13?,15-,16-,18-;2*10-,13-,14-,16-,17?/m111/s1. The first-order chi connectivity index (χ1) is 48.4. The van der Waals surface area contributed by atoms with E-state index in [0.717, 1.165) is 98.2 Å². The maximum atomic E-state index is 14.7. The SMILES string of the molecule is CC(F)(P(=O)(O)O)S(=O)(=O)C[C@H]1O[C@@H](n2nnc3c(NC4CCCC4)cc(Cl)nc32)[C@H](O)[C@@H]1O.COCC(P(=O)(O)O)S(=O)(=O)C[C@H]1O[C@@H](n2nnc3c(NC4CCCC4)cc(Cl)nc32)[C@H](O)[C@@H]1O.O=P(O)(O)C(F)(CO)S(=O)(=O)C[C@H]1O[C@@H](n2nnc3c(NC4CCCC4)cc(Cl)nc32)[C@H](O)[C@@H]1O. The number of sulfone groups is 3. The van der Waals surface area contributed by atoms with E-state index in [1.54, 1.807) is 18.2 Å². The van der Waals surface area contributed by atoms with Crippen LogP contribution in [0.3, 0.4) is 0 Å². The Hall–Kier alpha value is -4.36. The van der Waals surface area contributed by atoms with Gasteiger partial charge in [-0.1, -0.05) is 89.0 Å². The fourth-order valence-corrected chi connectivity index (χ4v) is 22.6. The lowest BCUT2D eigenvalue weighted by molar-refractivity contribution is -0.0377. The van der Waals surface area contributed by atoms with Gasteiger partial charge in [0.25, 0.3) is 0 Å². The third-order valence-corrected chi connectivity index (χ3v) is 32.5. The smallest absolute Gasteiger partial charge is 0.380 e. The Morgan fingerprint density at radius 3 is 1.12 bits per heavy atom. The van der Waals surface area contributed by atoms with Gasteiger partial charge in [-0.2, -0.15) is 14.0 Å². The van der Waals surface area contributed by atoms with Gasteiger partial charge >= 0.3 is 32.3 Å². The summed E-state index contributed by atoms with van der Waals surface area (Å²) in [5.74, 6) is -3.75. The third-order valence-electron chi connectivity index (χ3n) is 18.5. The largest absolute Gasteiger partial charge is 0.391 e. The number of hydrogen-bond donors (Lipinski definition) is 16. The molecule has 3 aliphatic carbocycles. The molecule has 52 heteroatoms. The molecule has 12 rings (SSSR count). The van der Waals surface area contributed by atoms with Crippen molar-refractivity contribution in [3.05, 3.63) is 33.7 Å². The second kappa shape index (κ2) is 31.6. The van der Waals surface area contributed by atoms with Gasteiger partial charge in [0.15, 0.2) is 76.8 Å². The first-order valence-corrected chi connectivity index (χ1v) is 42.9. The van der Waals surface area contributed by atoms with Crippen LogP contribution in [0, 0.1) is 0 Å². The number of ether oxygens (including phenoxy) is 4. The Morgan fingerprint density at radius 1 is 0.538 bits per heavy atom. The molecular formula is C52H75Cl3F2N15O26P3S3. The molecule has 0 bridgehead atoms. The molecule has 6 fully saturated rings. The lowest BCUT2D eigenvalue weighted by atomic mass is 10.1. The number of anilines is 3. The Balaban J connectivity index is 0.000000167. The van der Waals surface area contributed by atoms with E-state index in [1.165, 1.54) is 0 Å². The van der Waals surface area contributed by atoms with Gasteiger partial charge in [-0.15, -0.1) is 15.3 Å². The van der Waals surface area contributed by atoms with Crippen molar-refractivity contribution < 1.29 is 132 Å². The van der Waals surface area contributed by atoms with E-state index >= 15 is 0 Å². The van der Waals surface area contributed by atoms with E-state index in [-0.39, 0.29) is 63.0 Å². The van der Waals surface area contributed by atoms with Crippen molar-refractivity contribution in [1.29, 1.82) is 0 Å². The van der Waals surface area contributed by atoms with Crippen LogP contribution in [0.1, 0.15) is 103 Å². The summed E-state index contributed by atoms with van der Waals surface area (Å²) >= 11 is 18.5. The molecule has 6 aromatic heterocycles. The van der Waals surface area contributed by atoms with E-state index in [0.29, 0.717) is 28.1 Å². The van der Waals surface area contributed by atoms with Gasteiger partial charge in [-0.3, -0.25) is 13.7 Å². The molecule has 582 valence electrons. The van der Waals surface area contributed by atoms with Gasteiger partial charge in [-0.25, -0.2) is 49.0 Å². The highest BCUT2D eigenvalue weighted by molar-refractivity contribution is 8.00. The molecule has 3 saturated heterocycles. The normalized spacial score (nSPS) is 27.8. The maximum Gasteiger partial charge on any atom is 0.380 e. The van der Waals surface area contributed by atoms with Crippen LogP contribution in [-0.2, 0) is 62.2 Å². The van der Waals surface area contributed by atoms with E-state index in [1.807, 2.05) is 0 Å². The summed E-state index contributed by atoms with van der Waals surface area (Å²) in [4.78, 5) is 65.7. The molecule has 15 atom stereocenters. The lowest BCUT2D eigenvalue weighted by Gasteiger charge is -2.25. The van der Waals surface area contributed by atoms with Crippen LogP contribution in [-0.4, -0.2) is 275 Å². The molecule has 0 aromatic carbocycles. The Bertz CT molecular complexity index is 4610. The molecule has 6 aromatic rings. The number of nitrogens with zero attached hydrogens (tertiary/aromatic N) is 12. The monoisotopic (exact) mass is 1660 g/mol. The molecule has 0 amide bonds. The van der Waals surface area contributed by atoms with Crippen LogP contribution >= 0.6 is 57.6 Å². The number of halogens is 5. The van der Waals surface area contributed by atoms with Gasteiger partial charge in [0.05, 0.1) is 40.9 Å².